The van der Waals surface area contributed by atoms with Crippen molar-refractivity contribution in [2.45, 2.75) is 27.3 Å². The predicted octanol–water partition coefficient (Wildman–Crippen LogP) is 2.69. The Kier molecular flexibility index (Phi) is 4.75. The zero-order valence-corrected chi connectivity index (χ0v) is 13.1. The van der Waals surface area contributed by atoms with Crippen LogP contribution >= 0.6 is 11.3 Å². The molecular weight excluding hydrogens is 284 g/mol. The zero-order valence-electron chi connectivity index (χ0n) is 12.3. The van der Waals surface area contributed by atoms with Crippen LogP contribution in [-0.4, -0.2) is 10.9 Å². The van der Waals surface area contributed by atoms with E-state index >= 15 is 0 Å². The van der Waals surface area contributed by atoms with Crippen LogP contribution in [0.4, 0.5) is 0 Å². The summed E-state index contributed by atoms with van der Waals surface area (Å²) in [6.45, 7) is 5.96. The van der Waals surface area contributed by atoms with Crippen molar-refractivity contribution in [2.24, 2.45) is 0 Å². The monoisotopic (exact) mass is 302 g/mol. The molecule has 2 aromatic rings. The Balaban J connectivity index is 1.99. The lowest BCUT2D eigenvalue weighted by Gasteiger charge is -2.06. The number of hydrogen-bond acceptors (Lipinski definition) is 3. The van der Waals surface area contributed by atoms with Crippen LogP contribution in [-0.2, 0) is 11.3 Å². The second-order valence-corrected chi connectivity index (χ2v) is 6.26. The summed E-state index contributed by atoms with van der Waals surface area (Å²) in [5.74, 6) is -0.208. The van der Waals surface area contributed by atoms with E-state index in [9.17, 15) is 9.59 Å². The van der Waals surface area contributed by atoms with Gasteiger partial charge in [-0.2, -0.15) is 0 Å². The summed E-state index contributed by atoms with van der Waals surface area (Å²) in [6, 6.07) is 5.88. The molecule has 2 heterocycles. The molecule has 4 nitrogen and oxygen atoms in total. The number of hydrogen-bond donors (Lipinski definition) is 2. The zero-order chi connectivity index (χ0) is 15.4. The molecule has 2 N–H and O–H groups in total. The van der Waals surface area contributed by atoms with Crippen molar-refractivity contribution in [3.63, 3.8) is 0 Å². The molecule has 0 unspecified atom stereocenters. The Hall–Kier alpha value is -2.14. The number of aryl methyl sites for hydroxylation is 3. The van der Waals surface area contributed by atoms with Gasteiger partial charge in [0, 0.05) is 33.6 Å². The third-order valence-electron chi connectivity index (χ3n) is 3.09. The van der Waals surface area contributed by atoms with Gasteiger partial charge in [-0.3, -0.25) is 9.59 Å². The maximum absolute atomic E-state index is 11.8. The van der Waals surface area contributed by atoms with E-state index in [1.54, 1.807) is 17.4 Å². The molecule has 0 fully saturated rings. The topological polar surface area (TPSA) is 62.0 Å². The molecular formula is C16H18N2O2S. The van der Waals surface area contributed by atoms with E-state index < -0.39 is 0 Å². The van der Waals surface area contributed by atoms with Crippen molar-refractivity contribution in [3.05, 3.63) is 61.2 Å². The van der Waals surface area contributed by atoms with E-state index in [4.69, 9.17) is 0 Å². The minimum atomic E-state index is -0.208. The fourth-order valence-electron chi connectivity index (χ4n) is 2.04. The maximum Gasteiger partial charge on any atom is 0.253 e. The molecule has 0 radical (unpaired) electrons. The summed E-state index contributed by atoms with van der Waals surface area (Å²) < 4.78 is 0. The van der Waals surface area contributed by atoms with E-state index in [1.807, 2.05) is 39.0 Å². The number of amides is 1. The molecule has 110 valence electrons. The molecule has 0 saturated heterocycles. The highest BCUT2D eigenvalue weighted by Crippen LogP contribution is 2.16. The van der Waals surface area contributed by atoms with E-state index in [2.05, 4.69) is 10.3 Å². The molecule has 1 amide bonds. The first-order valence-corrected chi connectivity index (χ1v) is 7.49. The number of nitrogens with one attached hydrogen (secondary N) is 2. The van der Waals surface area contributed by atoms with Gasteiger partial charge in [0.2, 0.25) is 5.91 Å². The van der Waals surface area contributed by atoms with Gasteiger partial charge in [-0.15, -0.1) is 11.3 Å². The van der Waals surface area contributed by atoms with Crippen LogP contribution in [0.3, 0.4) is 0 Å². The van der Waals surface area contributed by atoms with Gasteiger partial charge in [0.1, 0.15) is 0 Å². The second-order valence-electron chi connectivity index (χ2n) is 4.94. The van der Waals surface area contributed by atoms with E-state index in [0.29, 0.717) is 5.56 Å². The number of rotatable bonds is 4. The largest absolute Gasteiger partial charge is 0.348 e. The van der Waals surface area contributed by atoms with Gasteiger partial charge in [0.05, 0.1) is 0 Å². The molecule has 0 aliphatic heterocycles. The number of aromatic amines is 1. The van der Waals surface area contributed by atoms with Gasteiger partial charge in [-0.05, 0) is 50.6 Å². The molecule has 0 aliphatic carbocycles. The van der Waals surface area contributed by atoms with Crippen molar-refractivity contribution >= 4 is 23.3 Å². The Labute approximate surface area is 127 Å². The minimum Gasteiger partial charge on any atom is -0.348 e. The average Bonchev–Trinajstić information content (AvgIpc) is 2.81. The van der Waals surface area contributed by atoms with Gasteiger partial charge in [0.25, 0.3) is 5.56 Å². The van der Waals surface area contributed by atoms with Crippen LogP contribution < -0.4 is 10.9 Å². The Bertz CT molecular complexity index is 741. The van der Waals surface area contributed by atoms with Crippen LogP contribution in [0.15, 0.2) is 29.1 Å². The second kappa shape index (κ2) is 6.54. The molecule has 0 aliphatic rings. The SMILES string of the molecule is Cc1cc(C)c(CNC(=O)/C=C/c2ccc(C)s2)c(=O)[nH]1. The van der Waals surface area contributed by atoms with Gasteiger partial charge in [0.15, 0.2) is 0 Å². The summed E-state index contributed by atoms with van der Waals surface area (Å²) in [5, 5.41) is 2.74. The number of H-pyrrole nitrogens is 1. The van der Waals surface area contributed by atoms with Crippen LogP contribution in [0, 0.1) is 20.8 Å². The van der Waals surface area contributed by atoms with Crippen molar-refractivity contribution in [3.8, 4) is 0 Å². The average molecular weight is 302 g/mol. The highest BCUT2D eigenvalue weighted by Gasteiger charge is 2.06. The number of aromatic nitrogens is 1. The van der Waals surface area contributed by atoms with Crippen molar-refractivity contribution < 1.29 is 4.79 Å². The van der Waals surface area contributed by atoms with E-state index in [0.717, 1.165) is 16.1 Å². The van der Waals surface area contributed by atoms with Gasteiger partial charge >= 0.3 is 0 Å². The maximum atomic E-state index is 11.8. The normalized spacial score (nSPS) is 11.0. The summed E-state index contributed by atoms with van der Waals surface area (Å²) >= 11 is 1.63. The molecule has 0 spiro atoms. The number of pyridine rings is 1. The van der Waals surface area contributed by atoms with Crippen LogP contribution in [0.25, 0.3) is 6.08 Å². The molecule has 2 aromatic heterocycles. The van der Waals surface area contributed by atoms with E-state index in [1.165, 1.54) is 11.0 Å². The fourth-order valence-corrected chi connectivity index (χ4v) is 2.82. The number of carbonyl (C=O) groups excluding carboxylic acids is 1. The Morgan fingerprint density at radius 1 is 1.33 bits per heavy atom. The first kappa shape index (κ1) is 15.3. The van der Waals surface area contributed by atoms with Crippen LogP contribution in [0.5, 0.6) is 0 Å². The molecule has 21 heavy (non-hydrogen) atoms. The highest BCUT2D eigenvalue weighted by molar-refractivity contribution is 7.12. The molecule has 0 aromatic carbocycles. The summed E-state index contributed by atoms with van der Waals surface area (Å²) in [5.41, 5.74) is 2.15. The van der Waals surface area contributed by atoms with Crippen LogP contribution in [0.2, 0.25) is 0 Å². The Morgan fingerprint density at radius 2 is 2.10 bits per heavy atom. The van der Waals surface area contributed by atoms with Gasteiger partial charge < -0.3 is 10.3 Å². The molecule has 5 heteroatoms. The third-order valence-corrected chi connectivity index (χ3v) is 4.06. The summed E-state index contributed by atoms with van der Waals surface area (Å²) in [6.07, 6.45) is 3.27. The summed E-state index contributed by atoms with van der Waals surface area (Å²) in [7, 11) is 0. The standard InChI is InChI=1S/C16H18N2O2S/c1-10-8-11(2)18-16(20)14(10)9-17-15(19)7-6-13-5-4-12(3)21-13/h4-8H,9H2,1-3H3,(H,17,19)(H,18,20)/b7-6+. The molecule has 0 saturated carbocycles. The van der Waals surface area contributed by atoms with Crippen molar-refractivity contribution in [1.29, 1.82) is 0 Å². The smallest absolute Gasteiger partial charge is 0.253 e. The van der Waals surface area contributed by atoms with Crippen LogP contribution in [0.1, 0.15) is 26.6 Å². The fraction of sp³-hybridized carbons (Fsp3) is 0.250. The molecule has 2 rings (SSSR count). The Morgan fingerprint density at radius 3 is 2.71 bits per heavy atom. The van der Waals surface area contributed by atoms with Crippen molar-refractivity contribution in [1.82, 2.24) is 10.3 Å². The van der Waals surface area contributed by atoms with Crippen molar-refractivity contribution in [2.75, 3.05) is 0 Å². The van der Waals surface area contributed by atoms with Gasteiger partial charge in [-0.1, -0.05) is 0 Å². The first-order valence-electron chi connectivity index (χ1n) is 6.67. The van der Waals surface area contributed by atoms with E-state index in [-0.39, 0.29) is 18.0 Å². The molecule has 0 bridgehead atoms. The highest BCUT2D eigenvalue weighted by atomic mass is 32.1. The lowest BCUT2D eigenvalue weighted by molar-refractivity contribution is -0.116. The van der Waals surface area contributed by atoms with Gasteiger partial charge in [-0.25, -0.2) is 0 Å². The first-order chi connectivity index (χ1) is 9.95. The number of carbonyl (C=O) groups is 1. The lowest BCUT2D eigenvalue weighted by Crippen LogP contribution is -2.26. The predicted molar refractivity (Wildman–Crippen MR) is 86.5 cm³/mol. The molecule has 0 atom stereocenters. The minimum absolute atomic E-state index is 0.148. The number of thiophene rings is 1. The third kappa shape index (κ3) is 4.16. The quantitative estimate of drug-likeness (QED) is 0.853. The summed E-state index contributed by atoms with van der Waals surface area (Å²) in [4.78, 5) is 28.6. The lowest BCUT2D eigenvalue weighted by atomic mass is 10.1.